The van der Waals surface area contributed by atoms with E-state index in [1.165, 1.54) is 22.9 Å². The molecular formula is C32H33N3O2S. The molecule has 0 spiro atoms. The van der Waals surface area contributed by atoms with Gasteiger partial charge < -0.3 is 5.32 Å². The normalized spacial score (nSPS) is 17.3. The molecule has 0 aliphatic carbocycles. The fourth-order valence-electron chi connectivity index (χ4n) is 4.47. The molecule has 1 heterocycles. The predicted molar refractivity (Wildman–Crippen MR) is 155 cm³/mol. The smallest absolute Gasteiger partial charge is 0.265 e. The van der Waals surface area contributed by atoms with Gasteiger partial charge in [-0.3, -0.25) is 14.5 Å². The number of aryl methyl sites for hydroxylation is 2. The highest BCUT2D eigenvalue weighted by Crippen LogP contribution is 2.42. The lowest BCUT2D eigenvalue weighted by Gasteiger charge is -2.20. The molecule has 0 saturated carbocycles. The summed E-state index contributed by atoms with van der Waals surface area (Å²) in [6.07, 6.45) is 0.509. The van der Waals surface area contributed by atoms with Crippen molar-refractivity contribution in [3.05, 3.63) is 111 Å². The molecule has 0 bridgehead atoms. The van der Waals surface area contributed by atoms with E-state index >= 15 is 0 Å². The number of nitrogens with one attached hydrogen (secondary N) is 1. The Balaban J connectivity index is 1.71. The zero-order chi connectivity index (χ0) is 27.4. The van der Waals surface area contributed by atoms with Gasteiger partial charge in [0.05, 0.1) is 11.3 Å². The second kappa shape index (κ2) is 11.7. The van der Waals surface area contributed by atoms with Gasteiger partial charge in [-0.25, -0.2) is 0 Å². The van der Waals surface area contributed by atoms with Gasteiger partial charge in [0.1, 0.15) is 16.7 Å². The van der Waals surface area contributed by atoms with Crippen LogP contribution in [0.25, 0.3) is 0 Å². The summed E-state index contributed by atoms with van der Waals surface area (Å²) in [5.74, 6) is -0.271. The van der Waals surface area contributed by atoms with E-state index in [9.17, 15) is 14.9 Å². The summed E-state index contributed by atoms with van der Waals surface area (Å²) in [4.78, 5) is 28.7. The van der Waals surface area contributed by atoms with E-state index in [1.807, 2.05) is 67.6 Å². The van der Waals surface area contributed by atoms with Crippen LogP contribution in [0.5, 0.6) is 0 Å². The van der Waals surface area contributed by atoms with Crippen molar-refractivity contribution in [3.63, 3.8) is 0 Å². The third kappa shape index (κ3) is 5.84. The van der Waals surface area contributed by atoms with Gasteiger partial charge in [-0.1, -0.05) is 86.3 Å². The first-order chi connectivity index (χ1) is 18.2. The van der Waals surface area contributed by atoms with Crippen molar-refractivity contribution >= 4 is 29.3 Å². The van der Waals surface area contributed by atoms with E-state index in [0.29, 0.717) is 23.1 Å². The van der Waals surface area contributed by atoms with Gasteiger partial charge in [0.2, 0.25) is 5.91 Å². The number of nitriles is 1. The van der Waals surface area contributed by atoms with Gasteiger partial charge in [-0.2, -0.15) is 5.26 Å². The number of hydrogen-bond donors (Lipinski definition) is 1. The van der Waals surface area contributed by atoms with Crippen molar-refractivity contribution in [2.45, 2.75) is 58.2 Å². The van der Waals surface area contributed by atoms with Crippen LogP contribution < -0.4 is 10.2 Å². The summed E-state index contributed by atoms with van der Waals surface area (Å²) in [6.45, 7) is 10.2. The Morgan fingerprint density at radius 1 is 0.974 bits per heavy atom. The monoisotopic (exact) mass is 523 g/mol. The molecule has 0 radical (unpaired) electrons. The average molecular weight is 524 g/mol. The van der Waals surface area contributed by atoms with Crippen LogP contribution in [0.4, 0.5) is 5.69 Å². The first kappa shape index (κ1) is 27.2. The number of carbonyl (C=O) groups excluding carboxylic acids is 2. The summed E-state index contributed by atoms with van der Waals surface area (Å²) in [6, 6.07) is 25.4. The van der Waals surface area contributed by atoms with Crippen molar-refractivity contribution in [2.24, 2.45) is 0 Å². The highest BCUT2D eigenvalue weighted by Gasteiger charge is 2.41. The van der Waals surface area contributed by atoms with Crippen LogP contribution in [0.3, 0.4) is 0 Å². The van der Waals surface area contributed by atoms with Crippen LogP contribution in [0, 0.1) is 25.2 Å². The molecule has 3 aromatic rings. The minimum atomic E-state index is -0.491. The fourth-order valence-corrected chi connectivity index (χ4v) is 5.78. The maximum absolute atomic E-state index is 13.8. The number of nitrogens with zero attached hydrogens (tertiary/aromatic N) is 2. The number of benzene rings is 3. The quantitative estimate of drug-likeness (QED) is 0.275. The lowest BCUT2D eigenvalue weighted by molar-refractivity contribution is -0.117. The summed E-state index contributed by atoms with van der Waals surface area (Å²) in [5.41, 5.74) is 6.11. The number of anilines is 1. The van der Waals surface area contributed by atoms with Crippen molar-refractivity contribution in [1.29, 1.82) is 5.26 Å². The van der Waals surface area contributed by atoms with E-state index in [0.717, 1.165) is 16.7 Å². The van der Waals surface area contributed by atoms with Gasteiger partial charge in [0.25, 0.3) is 5.91 Å². The maximum Gasteiger partial charge on any atom is 0.265 e. The van der Waals surface area contributed by atoms with Crippen LogP contribution in [-0.2, 0) is 16.0 Å². The minimum absolute atomic E-state index is 0.0540. The molecule has 1 N–H and O–H groups in total. The van der Waals surface area contributed by atoms with E-state index in [4.69, 9.17) is 0 Å². The zero-order valence-corrected chi connectivity index (χ0v) is 23.3. The fraction of sp³-hybridized carbons (Fsp3) is 0.281. The molecule has 6 heteroatoms. The first-order valence-electron chi connectivity index (χ1n) is 12.9. The van der Waals surface area contributed by atoms with E-state index < -0.39 is 11.2 Å². The van der Waals surface area contributed by atoms with Crippen molar-refractivity contribution in [3.8, 4) is 6.07 Å². The predicted octanol–water partition coefficient (Wildman–Crippen LogP) is 6.73. The second-order valence-corrected chi connectivity index (χ2v) is 11.2. The number of thioether (sulfide) groups is 1. The van der Waals surface area contributed by atoms with E-state index in [-0.39, 0.29) is 17.5 Å². The molecule has 3 aromatic carbocycles. The Bertz CT molecular complexity index is 1400. The van der Waals surface area contributed by atoms with Crippen LogP contribution in [0.1, 0.15) is 60.5 Å². The summed E-state index contributed by atoms with van der Waals surface area (Å²) >= 11 is 1.29. The second-order valence-electron chi connectivity index (χ2n) is 10.0. The Hall–Kier alpha value is -3.82. The molecule has 1 aliphatic heterocycles. The van der Waals surface area contributed by atoms with E-state index in [2.05, 4.69) is 51.2 Å². The molecule has 1 saturated heterocycles. The highest BCUT2D eigenvalue weighted by molar-refractivity contribution is 8.05. The lowest BCUT2D eigenvalue weighted by Crippen LogP contribution is -2.33. The molecule has 2 atom stereocenters. The molecule has 2 unspecified atom stereocenters. The third-order valence-electron chi connectivity index (χ3n) is 6.96. The van der Waals surface area contributed by atoms with Crippen molar-refractivity contribution in [2.75, 3.05) is 4.90 Å². The Labute approximate surface area is 229 Å². The van der Waals surface area contributed by atoms with Crippen LogP contribution >= 0.6 is 11.8 Å². The van der Waals surface area contributed by atoms with Crippen LogP contribution in [-0.4, -0.2) is 17.1 Å². The third-order valence-corrected chi connectivity index (χ3v) is 8.23. The largest absolute Gasteiger partial charge is 0.345 e. The van der Waals surface area contributed by atoms with Crippen LogP contribution in [0.2, 0.25) is 0 Å². The van der Waals surface area contributed by atoms with Gasteiger partial charge in [0, 0.05) is 5.69 Å². The van der Waals surface area contributed by atoms with Gasteiger partial charge in [0.15, 0.2) is 0 Å². The molecule has 0 aromatic heterocycles. The minimum Gasteiger partial charge on any atom is -0.345 e. The maximum atomic E-state index is 13.8. The average Bonchev–Trinajstić information content (AvgIpc) is 3.22. The molecular weight excluding hydrogens is 490 g/mol. The Kier molecular flexibility index (Phi) is 8.38. The number of carbonyl (C=O) groups is 2. The molecule has 1 fully saturated rings. The number of amides is 2. The lowest BCUT2D eigenvalue weighted by atomic mass is 10.0. The van der Waals surface area contributed by atoms with E-state index in [1.54, 1.807) is 4.90 Å². The molecule has 1 aliphatic rings. The van der Waals surface area contributed by atoms with Gasteiger partial charge in [-0.15, -0.1) is 0 Å². The molecule has 38 heavy (non-hydrogen) atoms. The molecule has 4 rings (SSSR count). The summed E-state index contributed by atoms with van der Waals surface area (Å²) in [5, 5.41) is 13.0. The van der Waals surface area contributed by atoms with Crippen LogP contribution in [0.15, 0.2) is 83.4 Å². The molecule has 5 nitrogen and oxygen atoms in total. The first-order valence-corrected chi connectivity index (χ1v) is 13.7. The topological polar surface area (TPSA) is 73.2 Å². The Morgan fingerprint density at radius 2 is 1.66 bits per heavy atom. The molecule has 194 valence electrons. The van der Waals surface area contributed by atoms with Gasteiger partial charge in [-0.05, 0) is 73.1 Å². The number of hydrogen-bond acceptors (Lipinski definition) is 4. The van der Waals surface area contributed by atoms with Crippen molar-refractivity contribution in [1.82, 2.24) is 5.32 Å². The van der Waals surface area contributed by atoms with Gasteiger partial charge >= 0.3 is 0 Å². The highest BCUT2D eigenvalue weighted by atomic mass is 32.2. The van der Waals surface area contributed by atoms with Crippen molar-refractivity contribution < 1.29 is 9.59 Å². The standard InChI is InChI=1S/C32H33N3O2S/c1-20(2)25-13-15-27(16-14-25)35-31(37)29(18-24-12-11-21(3)22(4)17-24)38-32(35)28(19-33)30(36)34-23(5)26-9-7-6-8-10-26/h6-17,20,23,29H,18H2,1-5H3,(H,34,36)/b32-28-. The SMILES string of the molecule is Cc1ccc(CC2S/C(=C(/C#N)C(=O)NC(C)c3ccccc3)N(c3ccc(C(C)C)cc3)C2=O)cc1C. The zero-order valence-electron chi connectivity index (χ0n) is 22.5. The molecule has 2 amide bonds. The Morgan fingerprint density at radius 3 is 2.26 bits per heavy atom. The summed E-state index contributed by atoms with van der Waals surface area (Å²) in [7, 11) is 0. The summed E-state index contributed by atoms with van der Waals surface area (Å²) < 4.78 is 0. The number of rotatable bonds is 7.